The van der Waals surface area contributed by atoms with Gasteiger partial charge in [-0.25, -0.2) is 0 Å². The summed E-state index contributed by atoms with van der Waals surface area (Å²) in [6.45, 7) is 7.25. The highest BCUT2D eigenvalue weighted by atomic mass is 16.2. The van der Waals surface area contributed by atoms with Crippen LogP contribution in [0, 0.1) is 19.8 Å². The summed E-state index contributed by atoms with van der Waals surface area (Å²) >= 11 is 0. The number of benzene rings is 1. The van der Waals surface area contributed by atoms with Gasteiger partial charge in [0.2, 0.25) is 5.91 Å². The highest BCUT2D eigenvalue weighted by Crippen LogP contribution is 2.21. The van der Waals surface area contributed by atoms with Gasteiger partial charge in [0.15, 0.2) is 0 Å². The van der Waals surface area contributed by atoms with Gasteiger partial charge in [-0.05, 0) is 62.4 Å². The standard InChI is InChI=1S/C16H24N2O/c1-4-13-5-6-17-15(10-13)16(19)18-14-8-11(2)7-12(3)9-14/h7-9,13,15,17H,4-6,10H2,1-3H3,(H,18,19). The zero-order valence-electron chi connectivity index (χ0n) is 12.1. The topological polar surface area (TPSA) is 41.1 Å². The lowest BCUT2D eigenvalue weighted by molar-refractivity contribution is -0.119. The molecule has 1 aliphatic heterocycles. The first-order valence-electron chi connectivity index (χ1n) is 7.21. The summed E-state index contributed by atoms with van der Waals surface area (Å²) < 4.78 is 0. The minimum atomic E-state index is -0.0421. The molecular formula is C16H24N2O. The second kappa shape index (κ2) is 6.20. The molecule has 2 unspecified atom stereocenters. The highest BCUT2D eigenvalue weighted by Gasteiger charge is 2.25. The first kappa shape index (κ1) is 14.1. The van der Waals surface area contributed by atoms with E-state index in [0.29, 0.717) is 5.92 Å². The van der Waals surface area contributed by atoms with E-state index in [1.165, 1.54) is 17.5 Å². The number of aryl methyl sites for hydroxylation is 2. The van der Waals surface area contributed by atoms with Crippen molar-refractivity contribution in [2.75, 3.05) is 11.9 Å². The Hall–Kier alpha value is -1.35. The molecule has 2 rings (SSSR count). The van der Waals surface area contributed by atoms with Crippen LogP contribution in [0.15, 0.2) is 18.2 Å². The molecule has 1 fully saturated rings. The van der Waals surface area contributed by atoms with Crippen LogP contribution < -0.4 is 10.6 Å². The van der Waals surface area contributed by atoms with Crippen LogP contribution in [0.2, 0.25) is 0 Å². The van der Waals surface area contributed by atoms with Crippen LogP contribution in [0.25, 0.3) is 0 Å². The lowest BCUT2D eigenvalue weighted by Crippen LogP contribution is -2.46. The fourth-order valence-electron chi connectivity index (χ4n) is 2.84. The largest absolute Gasteiger partial charge is 0.325 e. The molecule has 3 nitrogen and oxygen atoms in total. The van der Waals surface area contributed by atoms with Crippen LogP contribution >= 0.6 is 0 Å². The maximum atomic E-state index is 12.3. The Balaban J connectivity index is 2.00. The molecule has 1 saturated heterocycles. The van der Waals surface area contributed by atoms with Crippen LogP contribution in [0.3, 0.4) is 0 Å². The van der Waals surface area contributed by atoms with Crippen LogP contribution in [0.1, 0.15) is 37.3 Å². The van der Waals surface area contributed by atoms with Crippen molar-refractivity contribution in [1.29, 1.82) is 0 Å². The molecule has 2 N–H and O–H groups in total. The molecule has 0 saturated carbocycles. The number of carbonyl (C=O) groups is 1. The predicted molar refractivity (Wildman–Crippen MR) is 79.4 cm³/mol. The summed E-state index contributed by atoms with van der Waals surface area (Å²) in [5.41, 5.74) is 3.26. The Morgan fingerprint density at radius 3 is 2.63 bits per heavy atom. The first-order chi connectivity index (χ1) is 9.08. The second-order valence-electron chi connectivity index (χ2n) is 5.67. The molecule has 0 bridgehead atoms. The van der Waals surface area contributed by atoms with Gasteiger partial charge in [0.25, 0.3) is 0 Å². The van der Waals surface area contributed by atoms with Crippen molar-refractivity contribution < 1.29 is 4.79 Å². The lowest BCUT2D eigenvalue weighted by atomic mass is 9.90. The summed E-state index contributed by atoms with van der Waals surface area (Å²) in [5.74, 6) is 0.777. The van der Waals surface area contributed by atoms with Crippen molar-refractivity contribution in [2.24, 2.45) is 5.92 Å². The van der Waals surface area contributed by atoms with Gasteiger partial charge in [-0.1, -0.05) is 19.4 Å². The Labute approximate surface area is 115 Å². The normalized spacial score (nSPS) is 23.1. The van der Waals surface area contributed by atoms with E-state index in [9.17, 15) is 4.79 Å². The maximum Gasteiger partial charge on any atom is 0.241 e. The van der Waals surface area contributed by atoms with Gasteiger partial charge in [0.05, 0.1) is 6.04 Å². The van der Waals surface area contributed by atoms with E-state index in [1.807, 2.05) is 12.1 Å². The summed E-state index contributed by atoms with van der Waals surface area (Å²) in [6.07, 6.45) is 3.30. The van der Waals surface area contributed by atoms with E-state index in [-0.39, 0.29) is 11.9 Å². The van der Waals surface area contributed by atoms with Crippen LogP contribution in [-0.2, 0) is 4.79 Å². The van der Waals surface area contributed by atoms with E-state index in [4.69, 9.17) is 0 Å². The van der Waals surface area contributed by atoms with Gasteiger partial charge in [-0.3, -0.25) is 4.79 Å². The molecule has 0 spiro atoms. The molecule has 1 aromatic rings. The zero-order chi connectivity index (χ0) is 13.8. The van der Waals surface area contributed by atoms with Crippen LogP contribution in [-0.4, -0.2) is 18.5 Å². The fourth-order valence-corrected chi connectivity index (χ4v) is 2.84. The minimum absolute atomic E-state index is 0.0421. The molecule has 19 heavy (non-hydrogen) atoms. The summed E-state index contributed by atoms with van der Waals surface area (Å²) in [5, 5.41) is 6.36. The third kappa shape index (κ3) is 3.80. The van der Waals surface area contributed by atoms with Crippen molar-refractivity contribution in [2.45, 2.75) is 46.1 Å². The molecule has 0 aromatic heterocycles. The third-order valence-corrected chi connectivity index (χ3v) is 3.90. The molecule has 2 atom stereocenters. The smallest absolute Gasteiger partial charge is 0.241 e. The van der Waals surface area contributed by atoms with E-state index in [1.54, 1.807) is 0 Å². The van der Waals surface area contributed by atoms with E-state index < -0.39 is 0 Å². The van der Waals surface area contributed by atoms with Crippen LogP contribution in [0.4, 0.5) is 5.69 Å². The number of piperidine rings is 1. The minimum Gasteiger partial charge on any atom is -0.325 e. The third-order valence-electron chi connectivity index (χ3n) is 3.90. The predicted octanol–water partition coefficient (Wildman–Crippen LogP) is 3.02. The SMILES string of the molecule is CCC1CCNC(C(=O)Nc2cc(C)cc(C)c2)C1. The lowest BCUT2D eigenvalue weighted by Gasteiger charge is -2.28. The van der Waals surface area contributed by atoms with Gasteiger partial charge in [-0.15, -0.1) is 0 Å². The number of amides is 1. The van der Waals surface area contributed by atoms with Gasteiger partial charge in [0.1, 0.15) is 0 Å². The van der Waals surface area contributed by atoms with Crippen molar-refractivity contribution >= 4 is 11.6 Å². The zero-order valence-corrected chi connectivity index (χ0v) is 12.1. The molecule has 1 heterocycles. The average Bonchev–Trinajstić information content (AvgIpc) is 2.37. The number of carbonyl (C=O) groups excluding carboxylic acids is 1. The van der Waals surface area contributed by atoms with E-state index >= 15 is 0 Å². The summed E-state index contributed by atoms with van der Waals surface area (Å²) in [7, 11) is 0. The van der Waals surface area contributed by atoms with Crippen molar-refractivity contribution in [3.8, 4) is 0 Å². The first-order valence-corrected chi connectivity index (χ1v) is 7.21. The monoisotopic (exact) mass is 260 g/mol. The number of hydrogen-bond acceptors (Lipinski definition) is 2. The Bertz CT molecular complexity index is 436. The number of anilines is 1. The van der Waals surface area contributed by atoms with E-state index in [2.05, 4.69) is 37.5 Å². The average molecular weight is 260 g/mol. The van der Waals surface area contributed by atoms with Crippen molar-refractivity contribution in [1.82, 2.24) is 5.32 Å². The maximum absolute atomic E-state index is 12.3. The summed E-state index contributed by atoms with van der Waals surface area (Å²) in [6, 6.07) is 6.11. The fraction of sp³-hybridized carbons (Fsp3) is 0.562. The highest BCUT2D eigenvalue weighted by molar-refractivity contribution is 5.95. The molecular weight excluding hydrogens is 236 g/mol. The molecule has 1 amide bonds. The van der Waals surface area contributed by atoms with Gasteiger partial charge in [0, 0.05) is 5.69 Å². The Morgan fingerprint density at radius 2 is 2.00 bits per heavy atom. The molecule has 1 aromatic carbocycles. The Morgan fingerprint density at radius 1 is 1.32 bits per heavy atom. The van der Waals surface area contributed by atoms with E-state index in [0.717, 1.165) is 25.1 Å². The molecule has 3 heteroatoms. The number of nitrogens with one attached hydrogen (secondary N) is 2. The van der Waals surface area contributed by atoms with Crippen LogP contribution in [0.5, 0.6) is 0 Å². The molecule has 1 aliphatic rings. The second-order valence-corrected chi connectivity index (χ2v) is 5.67. The Kier molecular flexibility index (Phi) is 4.59. The molecule has 0 radical (unpaired) electrons. The quantitative estimate of drug-likeness (QED) is 0.877. The molecule has 104 valence electrons. The van der Waals surface area contributed by atoms with Crippen molar-refractivity contribution in [3.63, 3.8) is 0 Å². The van der Waals surface area contributed by atoms with Crippen molar-refractivity contribution in [3.05, 3.63) is 29.3 Å². The number of hydrogen-bond donors (Lipinski definition) is 2. The molecule has 0 aliphatic carbocycles. The van der Waals surface area contributed by atoms with Gasteiger partial charge < -0.3 is 10.6 Å². The van der Waals surface area contributed by atoms with Gasteiger partial charge >= 0.3 is 0 Å². The number of rotatable bonds is 3. The summed E-state index contributed by atoms with van der Waals surface area (Å²) in [4.78, 5) is 12.3. The van der Waals surface area contributed by atoms with Gasteiger partial charge in [-0.2, -0.15) is 0 Å².